The van der Waals surface area contributed by atoms with E-state index in [1.807, 2.05) is 6.92 Å². The van der Waals surface area contributed by atoms with E-state index in [4.69, 9.17) is 0 Å². The van der Waals surface area contributed by atoms with Gasteiger partial charge < -0.3 is 15.0 Å². The molecule has 0 aromatic heterocycles. The molecule has 1 atom stereocenters. The molecule has 0 spiro atoms. The molecule has 1 aromatic carbocycles. The quantitative estimate of drug-likeness (QED) is 0.604. The first-order valence-electron chi connectivity index (χ1n) is 4.65. The summed E-state index contributed by atoms with van der Waals surface area (Å²) in [7, 11) is 0. The van der Waals surface area contributed by atoms with Gasteiger partial charge in [0, 0.05) is 5.56 Å². The Kier molecular flexibility index (Phi) is 7.69. The Labute approximate surface area is 132 Å². The summed E-state index contributed by atoms with van der Waals surface area (Å²) in [4.78, 5) is 10.7. The third-order valence-corrected chi connectivity index (χ3v) is 2.10. The molecule has 1 unspecified atom stereocenters. The number of benzene rings is 1. The van der Waals surface area contributed by atoms with Crippen LogP contribution in [0.15, 0.2) is 24.3 Å². The van der Waals surface area contributed by atoms with Crippen LogP contribution in [-0.4, -0.2) is 11.1 Å². The Morgan fingerprint density at radius 2 is 2.07 bits per heavy atom. The molecule has 0 aliphatic carbocycles. The number of hydrogen-bond acceptors (Lipinski definition) is 3. The second kappa shape index (κ2) is 7.54. The zero-order valence-electron chi connectivity index (χ0n) is 9.06. The molecular formula is C11H13KO3. The molecule has 1 rings (SSSR count). The minimum Gasteiger partial charge on any atom is -0.545 e. The molecule has 1 aromatic rings. The van der Waals surface area contributed by atoms with Crippen LogP contribution in [0.25, 0.3) is 0 Å². The van der Waals surface area contributed by atoms with Crippen LogP contribution >= 0.6 is 0 Å². The molecule has 0 saturated carbocycles. The predicted molar refractivity (Wildman–Crippen MR) is 50.6 cm³/mol. The van der Waals surface area contributed by atoms with Crippen LogP contribution in [0.4, 0.5) is 0 Å². The van der Waals surface area contributed by atoms with Gasteiger partial charge in [0.2, 0.25) is 0 Å². The van der Waals surface area contributed by atoms with Gasteiger partial charge >= 0.3 is 51.4 Å². The number of carboxylic acid groups (broad SMARTS) is 1. The SMILES string of the molecule is CCCC(O)c1ccccc1C(=O)[O-].[K+]. The molecule has 0 bridgehead atoms. The van der Waals surface area contributed by atoms with Gasteiger partial charge in [0.1, 0.15) is 0 Å². The summed E-state index contributed by atoms with van der Waals surface area (Å²) in [5.74, 6) is -1.24. The van der Waals surface area contributed by atoms with Crippen molar-refractivity contribution in [2.45, 2.75) is 25.9 Å². The smallest absolute Gasteiger partial charge is 0.545 e. The van der Waals surface area contributed by atoms with E-state index in [1.165, 1.54) is 6.07 Å². The Bertz CT molecular complexity index is 325. The van der Waals surface area contributed by atoms with Gasteiger partial charge in [-0.25, -0.2) is 0 Å². The number of aliphatic hydroxyl groups is 1. The van der Waals surface area contributed by atoms with Gasteiger partial charge in [0.05, 0.1) is 12.1 Å². The predicted octanol–water partition coefficient (Wildman–Crippen LogP) is -2.11. The summed E-state index contributed by atoms with van der Waals surface area (Å²) < 4.78 is 0. The number of aromatic carboxylic acids is 1. The molecule has 3 nitrogen and oxygen atoms in total. The fraction of sp³-hybridized carbons (Fsp3) is 0.364. The molecule has 15 heavy (non-hydrogen) atoms. The molecule has 76 valence electrons. The maximum absolute atomic E-state index is 10.7. The molecule has 0 fully saturated rings. The number of rotatable bonds is 4. The van der Waals surface area contributed by atoms with Crippen LogP contribution in [0.3, 0.4) is 0 Å². The number of carboxylic acids is 1. The maximum Gasteiger partial charge on any atom is 1.00 e. The fourth-order valence-electron chi connectivity index (χ4n) is 1.40. The van der Waals surface area contributed by atoms with E-state index in [9.17, 15) is 15.0 Å². The summed E-state index contributed by atoms with van der Waals surface area (Å²) in [6.45, 7) is 1.94. The number of carbonyl (C=O) groups excluding carboxylic acids is 1. The maximum atomic E-state index is 10.7. The third-order valence-electron chi connectivity index (χ3n) is 2.10. The minimum absolute atomic E-state index is 0. The number of hydrogen-bond donors (Lipinski definition) is 1. The topological polar surface area (TPSA) is 60.4 Å². The summed E-state index contributed by atoms with van der Waals surface area (Å²) in [5.41, 5.74) is 0.516. The van der Waals surface area contributed by atoms with E-state index in [0.29, 0.717) is 12.0 Å². The zero-order valence-corrected chi connectivity index (χ0v) is 12.2. The molecule has 0 amide bonds. The van der Waals surface area contributed by atoms with E-state index in [-0.39, 0.29) is 56.9 Å². The number of carbonyl (C=O) groups is 1. The molecule has 4 heteroatoms. The molecule has 1 N–H and O–H groups in total. The van der Waals surface area contributed by atoms with Crippen molar-refractivity contribution in [1.29, 1.82) is 0 Å². The van der Waals surface area contributed by atoms with Crippen LogP contribution < -0.4 is 56.5 Å². The standard InChI is InChI=1S/C11H14O3.K/c1-2-5-10(12)8-6-3-4-7-9(8)11(13)14;/h3-4,6-7,10,12H,2,5H2,1H3,(H,13,14);/q;+1/p-1. The van der Waals surface area contributed by atoms with Gasteiger partial charge in [0.25, 0.3) is 0 Å². The molecular weight excluding hydrogens is 219 g/mol. The summed E-state index contributed by atoms with van der Waals surface area (Å²) in [6.07, 6.45) is 0.654. The zero-order chi connectivity index (χ0) is 10.6. The largest absolute Gasteiger partial charge is 1.00 e. The van der Waals surface area contributed by atoms with Crippen LogP contribution in [0.2, 0.25) is 0 Å². The Hall–Kier alpha value is 0.286. The van der Waals surface area contributed by atoms with Gasteiger partial charge in [-0.2, -0.15) is 0 Å². The summed E-state index contributed by atoms with van der Waals surface area (Å²) in [6, 6.07) is 6.39. The first-order valence-corrected chi connectivity index (χ1v) is 4.65. The third kappa shape index (κ3) is 4.34. The Morgan fingerprint density at radius 3 is 2.60 bits per heavy atom. The Morgan fingerprint density at radius 1 is 1.47 bits per heavy atom. The monoisotopic (exact) mass is 232 g/mol. The van der Waals surface area contributed by atoms with Crippen molar-refractivity contribution in [2.75, 3.05) is 0 Å². The first-order chi connectivity index (χ1) is 6.66. The van der Waals surface area contributed by atoms with E-state index in [0.717, 1.165) is 6.42 Å². The second-order valence-electron chi connectivity index (χ2n) is 3.18. The second-order valence-corrected chi connectivity index (χ2v) is 3.18. The van der Waals surface area contributed by atoms with Gasteiger partial charge in [0.15, 0.2) is 0 Å². The van der Waals surface area contributed by atoms with Crippen molar-refractivity contribution in [2.24, 2.45) is 0 Å². The van der Waals surface area contributed by atoms with Gasteiger partial charge in [-0.15, -0.1) is 0 Å². The Balaban J connectivity index is 0.00000196. The average Bonchev–Trinajstić information content (AvgIpc) is 2.18. The number of aliphatic hydroxyl groups excluding tert-OH is 1. The minimum atomic E-state index is -1.24. The normalized spacial score (nSPS) is 11.6. The average molecular weight is 232 g/mol. The van der Waals surface area contributed by atoms with Gasteiger partial charge in [-0.05, 0) is 12.0 Å². The molecule has 0 heterocycles. The molecule has 0 aliphatic rings. The summed E-state index contributed by atoms with van der Waals surface area (Å²) in [5, 5.41) is 20.4. The van der Waals surface area contributed by atoms with E-state index in [2.05, 4.69) is 0 Å². The van der Waals surface area contributed by atoms with E-state index >= 15 is 0 Å². The van der Waals surface area contributed by atoms with E-state index < -0.39 is 12.1 Å². The van der Waals surface area contributed by atoms with Crippen molar-refractivity contribution < 1.29 is 66.4 Å². The fourth-order valence-corrected chi connectivity index (χ4v) is 1.40. The molecule has 0 saturated heterocycles. The van der Waals surface area contributed by atoms with Crippen LogP contribution in [0.5, 0.6) is 0 Å². The van der Waals surface area contributed by atoms with Crippen molar-refractivity contribution in [3.05, 3.63) is 35.4 Å². The molecule has 0 aliphatic heterocycles. The van der Waals surface area contributed by atoms with Gasteiger partial charge in [-0.3, -0.25) is 0 Å². The van der Waals surface area contributed by atoms with Crippen molar-refractivity contribution >= 4 is 5.97 Å². The van der Waals surface area contributed by atoms with Gasteiger partial charge in [-0.1, -0.05) is 37.6 Å². The van der Waals surface area contributed by atoms with E-state index in [1.54, 1.807) is 18.2 Å². The van der Waals surface area contributed by atoms with Crippen molar-refractivity contribution in [3.8, 4) is 0 Å². The molecule has 0 radical (unpaired) electrons. The van der Waals surface area contributed by atoms with Crippen LogP contribution in [0.1, 0.15) is 41.8 Å². The van der Waals surface area contributed by atoms with Crippen LogP contribution in [0, 0.1) is 0 Å². The van der Waals surface area contributed by atoms with Crippen LogP contribution in [-0.2, 0) is 0 Å². The first kappa shape index (κ1) is 15.3. The van der Waals surface area contributed by atoms with Crippen molar-refractivity contribution in [3.63, 3.8) is 0 Å². The van der Waals surface area contributed by atoms with Crippen molar-refractivity contribution in [1.82, 2.24) is 0 Å². The summed E-state index contributed by atoms with van der Waals surface area (Å²) >= 11 is 0.